The summed E-state index contributed by atoms with van der Waals surface area (Å²) >= 11 is 0. The fourth-order valence-electron chi connectivity index (χ4n) is 6.14. The zero-order chi connectivity index (χ0) is 32.7. The molecule has 0 unspecified atom stereocenters. The van der Waals surface area contributed by atoms with Gasteiger partial charge in [0.15, 0.2) is 6.20 Å². The number of phenolic OH excluding ortho intramolecular Hbond substituents is 4. The average Bonchev–Trinajstić information content (AvgIpc) is 3.00. The van der Waals surface area contributed by atoms with Crippen LogP contribution in [0.2, 0.25) is 0 Å². The summed E-state index contributed by atoms with van der Waals surface area (Å²) in [4.78, 5) is -0.399. The van der Waals surface area contributed by atoms with Crippen LogP contribution in [0.5, 0.6) is 23.0 Å². The zero-order valence-corrected chi connectivity index (χ0v) is 26.2. The van der Waals surface area contributed by atoms with E-state index in [9.17, 15) is 33.4 Å². The number of benzene rings is 4. The highest BCUT2D eigenvalue weighted by atomic mass is 32.2. The Morgan fingerprint density at radius 3 is 1.57 bits per heavy atom. The Kier molecular flexibility index (Phi) is 8.06. The molecule has 4 aromatic carbocycles. The van der Waals surface area contributed by atoms with Crippen molar-refractivity contribution in [1.29, 1.82) is 0 Å². The SMILES string of the molecule is Cc1cc2c(O)c(c1)Cc1cc(S(=O)(=O)O)cc(c1O)Cc1cccc(c1O)Cc1cc(/C=C/c3cccc[n+]3C)cc(c1O)C2. The maximum Gasteiger partial charge on any atom is 0.294 e. The second-order valence-corrected chi connectivity index (χ2v) is 13.3. The van der Waals surface area contributed by atoms with Gasteiger partial charge in [0.1, 0.15) is 30.0 Å². The molecule has 0 saturated heterocycles. The van der Waals surface area contributed by atoms with E-state index in [-0.39, 0.29) is 59.8 Å². The number of aromatic nitrogens is 1. The van der Waals surface area contributed by atoms with E-state index in [1.54, 1.807) is 24.3 Å². The first-order valence-corrected chi connectivity index (χ1v) is 16.2. The maximum atomic E-state index is 12.2. The highest BCUT2D eigenvalue weighted by Gasteiger charge is 2.22. The van der Waals surface area contributed by atoms with Crippen LogP contribution in [-0.2, 0) is 42.8 Å². The summed E-state index contributed by atoms with van der Waals surface area (Å²) < 4.78 is 36.4. The molecular weight excluding hydrogens is 602 g/mol. The number of phenols is 4. The van der Waals surface area contributed by atoms with Crippen molar-refractivity contribution in [3.8, 4) is 23.0 Å². The lowest BCUT2D eigenvalue weighted by molar-refractivity contribution is -0.673. The monoisotopic (exact) mass is 636 g/mol. The van der Waals surface area contributed by atoms with Crippen LogP contribution in [0.15, 0.2) is 83.9 Å². The van der Waals surface area contributed by atoms with Crippen molar-refractivity contribution in [2.75, 3.05) is 0 Å². The second kappa shape index (κ2) is 12.0. The number of fused-ring (bicyclic) bond motifs is 8. The normalized spacial score (nSPS) is 13.2. The average molecular weight is 637 g/mol. The molecule has 1 aromatic heterocycles. The Morgan fingerprint density at radius 2 is 1.07 bits per heavy atom. The van der Waals surface area contributed by atoms with Crippen LogP contribution >= 0.6 is 0 Å². The molecule has 5 aromatic rings. The van der Waals surface area contributed by atoms with E-state index in [1.165, 1.54) is 12.1 Å². The summed E-state index contributed by atoms with van der Waals surface area (Å²) in [5.41, 5.74) is 6.05. The highest BCUT2D eigenvalue weighted by Crippen LogP contribution is 2.39. The van der Waals surface area contributed by atoms with Gasteiger partial charge in [-0.25, -0.2) is 4.57 Å². The lowest BCUT2D eigenvalue weighted by Gasteiger charge is -2.18. The minimum atomic E-state index is -4.64. The molecule has 0 amide bonds. The van der Waals surface area contributed by atoms with Crippen molar-refractivity contribution in [1.82, 2.24) is 0 Å². The standard InChI is InChI=1S/C37H33NO7S/c1-22-12-26-18-29-15-23(9-10-32-8-3-4-11-38(32)2)14-28(36(29)41)16-24-6-5-7-25(34(24)39)17-30-20-33(46(43,44)45)21-31(37(30)42)19-27(13-22)35(26)40/h3-15,20-21H,16-19H2,1-2H3,(H4,39,40,42,43,44,45)/p+1. The first-order chi connectivity index (χ1) is 21.9. The molecule has 8 nitrogen and oxygen atoms in total. The molecule has 1 aliphatic rings. The molecule has 9 heteroatoms. The summed E-state index contributed by atoms with van der Waals surface area (Å²) in [7, 11) is -2.68. The molecule has 1 aliphatic carbocycles. The lowest BCUT2D eigenvalue weighted by atomic mass is 9.90. The predicted octanol–water partition coefficient (Wildman–Crippen LogP) is 5.74. The van der Waals surface area contributed by atoms with Gasteiger partial charge in [-0.05, 0) is 82.3 Å². The molecule has 0 spiro atoms. The Morgan fingerprint density at radius 1 is 0.609 bits per heavy atom. The van der Waals surface area contributed by atoms with Crippen molar-refractivity contribution in [3.05, 3.63) is 140 Å². The van der Waals surface area contributed by atoms with Gasteiger partial charge < -0.3 is 20.4 Å². The molecule has 8 bridgehead atoms. The number of hydrogen-bond donors (Lipinski definition) is 5. The van der Waals surface area contributed by atoms with Gasteiger partial charge in [0.2, 0.25) is 5.69 Å². The second-order valence-electron chi connectivity index (χ2n) is 11.9. The number of aromatic hydroxyl groups is 4. The van der Waals surface area contributed by atoms with Crippen molar-refractivity contribution in [2.45, 2.75) is 37.5 Å². The lowest BCUT2D eigenvalue weighted by Crippen LogP contribution is -2.30. The number of aryl methyl sites for hydroxylation is 2. The number of pyridine rings is 1. The van der Waals surface area contributed by atoms with Crippen molar-refractivity contribution in [2.24, 2.45) is 7.05 Å². The van der Waals surface area contributed by atoms with Crippen molar-refractivity contribution in [3.63, 3.8) is 0 Å². The first-order valence-electron chi connectivity index (χ1n) is 14.8. The molecule has 1 heterocycles. The minimum absolute atomic E-state index is 0.0389. The summed E-state index contributed by atoms with van der Waals surface area (Å²) in [6.07, 6.45) is 6.16. The summed E-state index contributed by atoms with van der Waals surface area (Å²) in [6.45, 7) is 1.87. The van der Waals surface area contributed by atoms with E-state index in [0.717, 1.165) is 16.8 Å². The molecule has 234 valence electrons. The van der Waals surface area contributed by atoms with Gasteiger partial charge >= 0.3 is 0 Å². The van der Waals surface area contributed by atoms with Crippen LogP contribution in [0.4, 0.5) is 0 Å². The van der Waals surface area contributed by atoms with Crippen LogP contribution in [-0.4, -0.2) is 33.4 Å². The predicted molar refractivity (Wildman–Crippen MR) is 175 cm³/mol. The van der Waals surface area contributed by atoms with Gasteiger partial charge in [-0.2, -0.15) is 8.42 Å². The quantitative estimate of drug-likeness (QED) is 0.123. The number of rotatable bonds is 3. The van der Waals surface area contributed by atoms with Crippen LogP contribution < -0.4 is 4.57 Å². The number of hydrogen-bond acceptors (Lipinski definition) is 6. The Balaban J connectivity index is 1.57. The molecule has 0 atom stereocenters. The van der Waals surface area contributed by atoms with Gasteiger partial charge in [0, 0.05) is 55.0 Å². The molecule has 0 radical (unpaired) electrons. The van der Waals surface area contributed by atoms with E-state index in [4.69, 9.17) is 0 Å². The third kappa shape index (κ3) is 6.20. The topological polar surface area (TPSA) is 139 Å². The smallest absolute Gasteiger partial charge is 0.294 e. The van der Waals surface area contributed by atoms with Gasteiger partial charge in [-0.1, -0.05) is 35.9 Å². The number of para-hydroxylation sites is 1. The molecule has 0 fully saturated rings. The highest BCUT2D eigenvalue weighted by molar-refractivity contribution is 7.85. The molecular formula is C37H34NO7S+. The molecule has 46 heavy (non-hydrogen) atoms. The largest absolute Gasteiger partial charge is 0.507 e. The Hall–Kier alpha value is -5.12. The molecule has 0 aliphatic heterocycles. The van der Waals surface area contributed by atoms with E-state index in [2.05, 4.69) is 0 Å². The van der Waals surface area contributed by atoms with E-state index >= 15 is 0 Å². The van der Waals surface area contributed by atoms with Crippen molar-refractivity contribution < 1.29 is 38.0 Å². The van der Waals surface area contributed by atoms with E-state index < -0.39 is 15.0 Å². The van der Waals surface area contributed by atoms with Gasteiger partial charge in [0.25, 0.3) is 10.1 Å². The summed E-state index contributed by atoms with van der Waals surface area (Å²) in [5.74, 6) is -0.234. The number of nitrogens with zero attached hydrogens (tertiary/aromatic N) is 1. The molecule has 6 rings (SSSR count). The minimum Gasteiger partial charge on any atom is -0.507 e. The van der Waals surface area contributed by atoms with Crippen LogP contribution in [0.3, 0.4) is 0 Å². The van der Waals surface area contributed by atoms with E-state index in [1.807, 2.05) is 73.3 Å². The summed E-state index contributed by atoms with van der Waals surface area (Å²) in [6, 6.07) is 20.7. The Labute approximate surface area is 267 Å². The first kappa shape index (κ1) is 30.9. The van der Waals surface area contributed by atoms with Crippen LogP contribution in [0, 0.1) is 6.92 Å². The van der Waals surface area contributed by atoms with Crippen molar-refractivity contribution >= 4 is 22.3 Å². The van der Waals surface area contributed by atoms with E-state index in [0.29, 0.717) is 33.4 Å². The molecule has 0 saturated carbocycles. The third-order valence-corrected chi connectivity index (χ3v) is 9.34. The van der Waals surface area contributed by atoms with Crippen LogP contribution in [0.25, 0.3) is 12.2 Å². The fraction of sp³-hybridized carbons (Fsp3) is 0.162. The van der Waals surface area contributed by atoms with Gasteiger partial charge in [0.05, 0.1) is 4.90 Å². The summed E-state index contributed by atoms with van der Waals surface area (Å²) in [5, 5.41) is 45.7. The third-order valence-electron chi connectivity index (χ3n) is 8.51. The van der Waals surface area contributed by atoms with Gasteiger partial charge in [-0.3, -0.25) is 4.55 Å². The Bertz CT molecular complexity index is 2150. The fourth-order valence-corrected chi connectivity index (χ4v) is 6.73. The maximum absolute atomic E-state index is 12.2. The van der Waals surface area contributed by atoms with Gasteiger partial charge in [-0.15, -0.1) is 0 Å². The zero-order valence-electron chi connectivity index (χ0n) is 25.4. The molecule has 5 N–H and O–H groups in total. The van der Waals surface area contributed by atoms with Crippen LogP contribution in [0.1, 0.15) is 61.3 Å².